The number of quaternary nitrogens is 1. The number of ether oxygens (including phenoxy) is 3. The van der Waals surface area contributed by atoms with Crippen molar-refractivity contribution in [3.63, 3.8) is 0 Å². The molecule has 0 aromatic heterocycles. The molecular weight excluding hydrogens is 703 g/mol. The van der Waals surface area contributed by atoms with Crippen LogP contribution in [0.1, 0.15) is 200 Å². The first-order valence-electron chi connectivity index (χ1n) is 23.0. The Morgan fingerprint density at radius 3 is 1.43 bits per heavy atom. The quantitative estimate of drug-likeness (QED) is 0.0263. The monoisotopic (exact) mass is 790 g/mol. The fourth-order valence-electron chi connectivity index (χ4n) is 6.62. The van der Waals surface area contributed by atoms with Gasteiger partial charge in [-0.2, -0.15) is 0 Å². The highest BCUT2D eigenvalue weighted by molar-refractivity contribution is 5.70. The van der Waals surface area contributed by atoms with Gasteiger partial charge in [0.15, 0.2) is 6.10 Å². The molecule has 0 aromatic carbocycles. The zero-order valence-electron chi connectivity index (χ0n) is 37.1. The molecule has 0 heterocycles. The number of carboxylic acids is 1. The molecule has 0 bridgehead atoms. The van der Waals surface area contributed by atoms with Crippen molar-refractivity contribution in [1.82, 2.24) is 0 Å². The lowest BCUT2D eigenvalue weighted by Gasteiger charge is -2.34. The third-order valence-corrected chi connectivity index (χ3v) is 10.2. The van der Waals surface area contributed by atoms with E-state index in [1.807, 2.05) is 0 Å². The molecule has 0 N–H and O–H groups in total. The molecule has 326 valence electrons. The normalized spacial score (nSPS) is 13.2. The van der Waals surface area contributed by atoms with Crippen molar-refractivity contribution >= 4 is 17.9 Å². The molecule has 0 rings (SSSR count). The van der Waals surface area contributed by atoms with E-state index >= 15 is 0 Å². The molecule has 2 unspecified atom stereocenters. The number of carboxylic acid groups (broad SMARTS) is 1. The third kappa shape index (κ3) is 37.1. The average Bonchev–Trinajstić information content (AvgIpc) is 3.15. The molecule has 8 heteroatoms. The molecule has 0 saturated carbocycles. The second-order valence-electron chi connectivity index (χ2n) is 16.6. The summed E-state index contributed by atoms with van der Waals surface area (Å²) in [6.45, 7) is 4.62. The van der Waals surface area contributed by atoms with E-state index in [4.69, 9.17) is 14.2 Å². The number of nitrogens with zero attached hydrogens (tertiary/aromatic N) is 1. The van der Waals surface area contributed by atoms with Gasteiger partial charge in [-0.05, 0) is 70.6 Å². The zero-order chi connectivity index (χ0) is 41.4. The Morgan fingerprint density at radius 1 is 0.536 bits per heavy atom. The number of likely N-dealkylation sites (N-methyl/N-ethyl adjacent to an activating group) is 1. The van der Waals surface area contributed by atoms with Crippen LogP contribution in [0.3, 0.4) is 0 Å². The minimum Gasteiger partial charge on any atom is -0.544 e. The maximum absolute atomic E-state index is 12.7. The van der Waals surface area contributed by atoms with Gasteiger partial charge < -0.3 is 28.6 Å². The number of carbonyl (C=O) groups excluding carboxylic acids is 3. The van der Waals surface area contributed by atoms with Gasteiger partial charge in [0, 0.05) is 19.3 Å². The second kappa shape index (κ2) is 39.4. The molecule has 0 aliphatic rings. The Kier molecular flexibility index (Phi) is 37.7. The van der Waals surface area contributed by atoms with Gasteiger partial charge in [0.1, 0.15) is 12.6 Å². The molecule has 8 nitrogen and oxygen atoms in total. The van der Waals surface area contributed by atoms with Gasteiger partial charge in [-0.1, -0.05) is 147 Å². The van der Waals surface area contributed by atoms with E-state index in [1.54, 1.807) is 21.1 Å². The highest BCUT2D eigenvalue weighted by Gasteiger charge is 2.25. The minimum atomic E-state index is -1.13. The molecule has 0 fully saturated rings. The summed E-state index contributed by atoms with van der Waals surface area (Å²) in [5.41, 5.74) is 0. The molecule has 2 atom stereocenters. The predicted molar refractivity (Wildman–Crippen MR) is 231 cm³/mol. The molecule has 0 aliphatic heterocycles. The van der Waals surface area contributed by atoms with Crippen LogP contribution >= 0.6 is 0 Å². The first-order valence-corrected chi connectivity index (χ1v) is 23.0. The molecule has 0 aliphatic carbocycles. The number of hydrogen-bond donors (Lipinski definition) is 0. The van der Waals surface area contributed by atoms with Crippen LogP contribution in [0.4, 0.5) is 0 Å². The minimum absolute atomic E-state index is 0.0373. The summed E-state index contributed by atoms with van der Waals surface area (Å²) in [4.78, 5) is 36.9. The summed E-state index contributed by atoms with van der Waals surface area (Å²) in [7, 11) is 5.41. The summed E-state index contributed by atoms with van der Waals surface area (Å²) >= 11 is 0. The van der Waals surface area contributed by atoms with E-state index in [0.717, 1.165) is 51.4 Å². The summed E-state index contributed by atoms with van der Waals surface area (Å²) < 4.78 is 17.2. The van der Waals surface area contributed by atoms with E-state index in [0.29, 0.717) is 12.8 Å². The summed E-state index contributed by atoms with van der Waals surface area (Å²) in [5, 5.41) is 11.6. The van der Waals surface area contributed by atoms with Crippen molar-refractivity contribution in [2.24, 2.45) is 0 Å². The summed E-state index contributed by atoms with van der Waals surface area (Å²) in [6, 6.07) is -0.727. The van der Waals surface area contributed by atoms with Gasteiger partial charge in [-0.25, -0.2) is 0 Å². The number of rotatable bonds is 41. The first kappa shape index (κ1) is 53.6. The van der Waals surface area contributed by atoms with Crippen molar-refractivity contribution in [1.29, 1.82) is 0 Å². The fourth-order valence-corrected chi connectivity index (χ4v) is 6.62. The molecular formula is C48H87NO7. The smallest absolute Gasteiger partial charge is 0.306 e. The van der Waals surface area contributed by atoms with E-state index in [9.17, 15) is 19.5 Å². The van der Waals surface area contributed by atoms with E-state index in [2.05, 4.69) is 50.3 Å². The van der Waals surface area contributed by atoms with Crippen molar-refractivity contribution in [2.75, 3.05) is 41.0 Å². The zero-order valence-corrected chi connectivity index (χ0v) is 37.1. The van der Waals surface area contributed by atoms with E-state index < -0.39 is 18.1 Å². The molecule has 0 amide bonds. The highest BCUT2D eigenvalue weighted by Crippen LogP contribution is 2.14. The van der Waals surface area contributed by atoms with Crippen molar-refractivity contribution in [3.8, 4) is 0 Å². The lowest BCUT2D eigenvalue weighted by Crippen LogP contribution is -2.55. The van der Waals surface area contributed by atoms with Crippen LogP contribution < -0.4 is 5.11 Å². The Hall–Kier alpha value is -2.45. The standard InChI is InChI=1S/C48H87NO7/c1-6-8-10-12-14-16-18-20-22-23-25-27-29-31-33-35-37-39-47(51)56-44(42-54-41-40-45(48(52)53)49(3,4)5)43-55-46(50)38-36-34-32-30-28-26-24-21-19-17-15-13-11-9-7-2/h14,16-17,19-20,22,44-45H,6-13,15,18,21,23-43H2,1-5H3/b16-14+,19-17+,22-20+. The Balaban J connectivity index is 4.33. The summed E-state index contributed by atoms with van der Waals surface area (Å²) in [6.07, 6.45) is 44.4. The number of allylic oxidation sites excluding steroid dienone is 6. The number of unbranched alkanes of at least 4 members (excludes halogenated alkanes) is 21. The Morgan fingerprint density at radius 2 is 0.946 bits per heavy atom. The highest BCUT2D eigenvalue weighted by atomic mass is 16.6. The van der Waals surface area contributed by atoms with Crippen LogP contribution in [0.5, 0.6) is 0 Å². The molecule has 56 heavy (non-hydrogen) atoms. The lowest BCUT2D eigenvalue weighted by atomic mass is 10.1. The number of carbonyl (C=O) groups is 3. The van der Waals surface area contributed by atoms with Gasteiger partial charge in [0.05, 0.1) is 40.3 Å². The molecule has 0 radical (unpaired) electrons. The van der Waals surface area contributed by atoms with Crippen LogP contribution in [0.25, 0.3) is 0 Å². The maximum Gasteiger partial charge on any atom is 0.306 e. The van der Waals surface area contributed by atoms with E-state index in [1.165, 1.54) is 116 Å². The number of hydrogen-bond acceptors (Lipinski definition) is 7. The van der Waals surface area contributed by atoms with Crippen LogP contribution in [0.15, 0.2) is 36.5 Å². The van der Waals surface area contributed by atoms with Crippen LogP contribution in [0, 0.1) is 0 Å². The van der Waals surface area contributed by atoms with Crippen LogP contribution in [0.2, 0.25) is 0 Å². The van der Waals surface area contributed by atoms with Gasteiger partial charge in [-0.15, -0.1) is 0 Å². The number of esters is 2. The van der Waals surface area contributed by atoms with Gasteiger partial charge in [-0.3, -0.25) is 9.59 Å². The number of aliphatic carboxylic acids is 1. The SMILES string of the molecule is CCCCC/C=C/C/C=C/CCCCCCCCCC(=O)OC(COCCC(C(=O)[O-])[N+](C)(C)C)COC(=O)CCCCCCCCC/C=C/CCCCCC. The van der Waals surface area contributed by atoms with Crippen molar-refractivity contribution < 1.29 is 38.2 Å². The maximum atomic E-state index is 12.7. The summed E-state index contributed by atoms with van der Waals surface area (Å²) in [5.74, 6) is -1.75. The molecule has 0 saturated heterocycles. The first-order chi connectivity index (χ1) is 27.1. The van der Waals surface area contributed by atoms with Crippen LogP contribution in [-0.4, -0.2) is 75.5 Å². The largest absolute Gasteiger partial charge is 0.544 e. The average molecular weight is 790 g/mol. The second-order valence-corrected chi connectivity index (χ2v) is 16.6. The molecule has 0 aromatic rings. The van der Waals surface area contributed by atoms with Gasteiger partial charge >= 0.3 is 11.9 Å². The van der Waals surface area contributed by atoms with Crippen molar-refractivity contribution in [3.05, 3.63) is 36.5 Å². The van der Waals surface area contributed by atoms with Crippen LogP contribution in [-0.2, 0) is 28.6 Å². The lowest BCUT2D eigenvalue weighted by molar-refractivity contribution is -0.889. The van der Waals surface area contributed by atoms with E-state index in [-0.39, 0.29) is 42.7 Å². The Labute approximate surface area is 344 Å². The topological polar surface area (TPSA) is 102 Å². The fraction of sp³-hybridized carbons (Fsp3) is 0.812. The third-order valence-electron chi connectivity index (χ3n) is 10.2. The molecule has 0 spiro atoms. The predicted octanol–water partition coefficient (Wildman–Crippen LogP) is 11.3. The Bertz CT molecular complexity index is 1020. The van der Waals surface area contributed by atoms with Gasteiger partial charge in [0.2, 0.25) is 0 Å². The van der Waals surface area contributed by atoms with Gasteiger partial charge in [0.25, 0.3) is 0 Å². The van der Waals surface area contributed by atoms with Crippen molar-refractivity contribution in [2.45, 2.75) is 212 Å².